The lowest BCUT2D eigenvalue weighted by Crippen LogP contribution is -2.49. The maximum atomic E-state index is 4.83. The van der Waals surface area contributed by atoms with Gasteiger partial charge < -0.3 is 20.1 Å². The molecule has 0 spiro atoms. The van der Waals surface area contributed by atoms with Crippen molar-refractivity contribution in [3.63, 3.8) is 0 Å². The minimum atomic E-state index is 0.519. The monoisotopic (exact) mass is 402 g/mol. The van der Waals surface area contributed by atoms with Crippen molar-refractivity contribution in [2.45, 2.75) is 84.8 Å². The number of nitrogens with one attached hydrogen (secondary N) is 2. The van der Waals surface area contributed by atoms with E-state index in [0.29, 0.717) is 18.5 Å². The maximum Gasteiger partial charge on any atom is 0.191 e. The van der Waals surface area contributed by atoms with Crippen molar-refractivity contribution < 1.29 is 0 Å². The highest BCUT2D eigenvalue weighted by Gasteiger charge is 2.23. The van der Waals surface area contributed by atoms with Crippen LogP contribution in [-0.4, -0.2) is 52.6 Å². The fraction of sp³-hybridized carbons (Fsp3) is 0.826. The Morgan fingerprint density at radius 1 is 1.17 bits per heavy atom. The maximum absolute atomic E-state index is 4.83. The largest absolute Gasteiger partial charge is 0.357 e. The highest BCUT2D eigenvalue weighted by atomic mass is 15.2. The summed E-state index contributed by atoms with van der Waals surface area (Å²) in [7, 11) is 0. The molecule has 2 N–H and O–H groups in total. The van der Waals surface area contributed by atoms with Gasteiger partial charge in [0, 0.05) is 51.2 Å². The molecule has 164 valence electrons. The molecular formula is C23H42N6. The summed E-state index contributed by atoms with van der Waals surface area (Å²) in [6.07, 6.45) is 13.6. The number of likely N-dealkylation sites (tertiary alicyclic amines) is 1. The molecule has 2 heterocycles. The Morgan fingerprint density at radius 2 is 1.93 bits per heavy atom. The average molecular weight is 403 g/mol. The second-order valence-electron chi connectivity index (χ2n) is 9.31. The Labute approximate surface area is 177 Å². The summed E-state index contributed by atoms with van der Waals surface area (Å²) >= 11 is 0. The lowest BCUT2D eigenvalue weighted by molar-refractivity contribution is 0.160. The van der Waals surface area contributed by atoms with Crippen LogP contribution in [0.4, 0.5) is 0 Å². The van der Waals surface area contributed by atoms with Gasteiger partial charge in [-0.3, -0.25) is 0 Å². The van der Waals surface area contributed by atoms with Gasteiger partial charge in [0.25, 0.3) is 0 Å². The van der Waals surface area contributed by atoms with Crippen molar-refractivity contribution in [1.29, 1.82) is 0 Å². The first kappa shape index (κ1) is 22.1. The summed E-state index contributed by atoms with van der Waals surface area (Å²) in [4.78, 5) is 12.0. The van der Waals surface area contributed by atoms with E-state index in [-0.39, 0.29) is 0 Å². The second kappa shape index (κ2) is 11.6. The number of aliphatic imine (C=N–C) groups is 1. The van der Waals surface area contributed by atoms with Crippen molar-refractivity contribution in [3.8, 4) is 0 Å². The highest BCUT2D eigenvalue weighted by molar-refractivity contribution is 5.80. The number of hydrogen-bond donors (Lipinski definition) is 2. The lowest BCUT2D eigenvalue weighted by Gasteiger charge is -2.36. The normalized spacial score (nSPS) is 20.3. The van der Waals surface area contributed by atoms with Gasteiger partial charge in [0.2, 0.25) is 0 Å². The number of guanidine groups is 1. The number of imidazole rings is 1. The van der Waals surface area contributed by atoms with E-state index in [0.717, 1.165) is 30.8 Å². The van der Waals surface area contributed by atoms with Gasteiger partial charge in [-0.2, -0.15) is 0 Å². The van der Waals surface area contributed by atoms with Crippen molar-refractivity contribution in [1.82, 2.24) is 25.1 Å². The summed E-state index contributed by atoms with van der Waals surface area (Å²) in [5.74, 6) is 3.52. The van der Waals surface area contributed by atoms with Gasteiger partial charge in [-0.25, -0.2) is 9.98 Å². The first-order chi connectivity index (χ1) is 14.1. The third-order valence-electron chi connectivity index (χ3n) is 6.26. The Kier molecular flexibility index (Phi) is 8.84. The van der Waals surface area contributed by atoms with Crippen LogP contribution in [0.1, 0.15) is 71.5 Å². The molecule has 1 saturated carbocycles. The quantitative estimate of drug-likeness (QED) is 0.515. The van der Waals surface area contributed by atoms with Crippen LogP contribution in [0.2, 0.25) is 0 Å². The summed E-state index contributed by atoms with van der Waals surface area (Å²) in [5, 5.41) is 7.10. The van der Waals surface area contributed by atoms with Gasteiger partial charge in [0.05, 0.1) is 0 Å². The van der Waals surface area contributed by atoms with Crippen LogP contribution in [0.15, 0.2) is 17.4 Å². The number of hydrogen-bond acceptors (Lipinski definition) is 3. The second-order valence-corrected chi connectivity index (χ2v) is 9.31. The van der Waals surface area contributed by atoms with Gasteiger partial charge >= 0.3 is 0 Å². The van der Waals surface area contributed by atoms with E-state index in [1.54, 1.807) is 0 Å². The van der Waals surface area contributed by atoms with Crippen LogP contribution in [0.5, 0.6) is 0 Å². The number of rotatable bonds is 8. The van der Waals surface area contributed by atoms with Gasteiger partial charge in [0.15, 0.2) is 5.96 Å². The van der Waals surface area contributed by atoms with Crippen molar-refractivity contribution in [2.24, 2.45) is 16.8 Å². The van der Waals surface area contributed by atoms with Gasteiger partial charge in [-0.05, 0) is 44.4 Å². The Morgan fingerprint density at radius 3 is 2.62 bits per heavy atom. The number of nitrogens with zero attached hydrogens (tertiary/aromatic N) is 4. The van der Waals surface area contributed by atoms with E-state index >= 15 is 0 Å². The van der Waals surface area contributed by atoms with Crippen molar-refractivity contribution in [3.05, 3.63) is 18.2 Å². The smallest absolute Gasteiger partial charge is 0.191 e. The zero-order valence-electron chi connectivity index (χ0n) is 18.9. The number of piperidine rings is 1. The highest BCUT2D eigenvalue weighted by Crippen LogP contribution is 2.25. The molecule has 1 saturated heterocycles. The number of aromatic nitrogens is 2. The standard InChI is InChI=1S/C23H42N6/c1-4-24-23(26-16-22-25-12-15-29(22)17-19(2)3)27-21-10-13-28(14-11-21)18-20-8-6-5-7-9-20/h12,15,19-21H,4-11,13-14,16-18H2,1-3H3,(H2,24,26,27). The van der Waals surface area contributed by atoms with Crippen LogP contribution in [0.25, 0.3) is 0 Å². The molecule has 0 atom stereocenters. The van der Waals surface area contributed by atoms with E-state index in [1.165, 1.54) is 64.6 Å². The predicted octanol–water partition coefficient (Wildman–Crippen LogP) is 3.64. The third kappa shape index (κ3) is 7.32. The molecule has 0 radical (unpaired) electrons. The Bertz CT molecular complexity index is 609. The van der Waals surface area contributed by atoms with Crippen LogP contribution in [-0.2, 0) is 13.1 Å². The molecule has 0 unspecified atom stereocenters. The van der Waals surface area contributed by atoms with E-state index in [1.807, 2.05) is 6.20 Å². The van der Waals surface area contributed by atoms with E-state index in [2.05, 4.69) is 52.1 Å². The van der Waals surface area contributed by atoms with Gasteiger partial charge in [-0.15, -0.1) is 0 Å². The van der Waals surface area contributed by atoms with Crippen LogP contribution in [0, 0.1) is 11.8 Å². The van der Waals surface area contributed by atoms with E-state index in [4.69, 9.17) is 4.99 Å². The first-order valence-electron chi connectivity index (χ1n) is 11.9. The average Bonchev–Trinajstić information content (AvgIpc) is 3.15. The summed E-state index contributed by atoms with van der Waals surface area (Å²) in [6, 6.07) is 0.519. The summed E-state index contributed by atoms with van der Waals surface area (Å²) in [5.41, 5.74) is 0. The zero-order valence-corrected chi connectivity index (χ0v) is 18.9. The fourth-order valence-electron chi connectivity index (χ4n) is 4.71. The summed E-state index contributed by atoms with van der Waals surface area (Å²) < 4.78 is 2.22. The van der Waals surface area contributed by atoms with Crippen molar-refractivity contribution >= 4 is 5.96 Å². The molecule has 1 aliphatic carbocycles. The predicted molar refractivity (Wildman–Crippen MR) is 121 cm³/mol. The zero-order chi connectivity index (χ0) is 20.5. The molecule has 6 nitrogen and oxygen atoms in total. The molecule has 2 aliphatic rings. The third-order valence-corrected chi connectivity index (χ3v) is 6.26. The topological polar surface area (TPSA) is 57.5 Å². The van der Waals surface area contributed by atoms with Gasteiger partial charge in [-0.1, -0.05) is 33.1 Å². The molecule has 1 aromatic heterocycles. The Hall–Kier alpha value is -1.56. The lowest BCUT2D eigenvalue weighted by atomic mass is 9.88. The molecule has 0 amide bonds. The first-order valence-corrected chi connectivity index (χ1v) is 11.9. The minimum absolute atomic E-state index is 0.519. The fourth-order valence-corrected chi connectivity index (χ4v) is 4.71. The van der Waals surface area contributed by atoms with Crippen LogP contribution < -0.4 is 10.6 Å². The molecule has 1 aliphatic heterocycles. The van der Waals surface area contributed by atoms with Crippen molar-refractivity contribution in [2.75, 3.05) is 26.2 Å². The van der Waals surface area contributed by atoms with E-state index < -0.39 is 0 Å². The Balaban J connectivity index is 1.46. The SMILES string of the molecule is CCNC(=NCc1nccn1CC(C)C)NC1CCN(CC2CCCCC2)CC1. The van der Waals surface area contributed by atoms with Gasteiger partial charge in [0.1, 0.15) is 12.4 Å². The summed E-state index contributed by atoms with van der Waals surface area (Å²) in [6.45, 7) is 12.8. The van der Waals surface area contributed by atoms with Crippen LogP contribution in [0.3, 0.4) is 0 Å². The molecule has 0 bridgehead atoms. The van der Waals surface area contributed by atoms with Crippen LogP contribution >= 0.6 is 0 Å². The molecular weight excluding hydrogens is 360 g/mol. The molecule has 1 aromatic rings. The molecule has 2 fully saturated rings. The molecule has 0 aromatic carbocycles. The molecule has 6 heteroatoms. The minimum Gasteiger partial charge on any atom is -0.357 e. The molecule has 3 rings (SSSR count). The van der Waals surface area contributed by atoms with E-state index in [9.17, 15) is 0 Å². The molecule has 29 heavy (non-hydrogen) atoms.